The van der Waals surface area contributed by atoms with E-state index in [0.717, 1.165) is 0 Å². The number of methoxy groups -OCH3 is 1. The summed E-state index contributed by atoms with van der Waals surface area (Å²) in [4.78, 5) is 37.5. The monoisotopic (exact) mass is 350 g/mol. The second-order valence-electron chi connectivity index (χ2n) is 5.48. The van der Waals surface area contributed by atoms with Crippen LogP contribution in [0.2, 0.25) is 0 Å². The highest BCUT2D eigenvalue weighted by Gasteiger charge is 2.34. The zero-order valence-electron chi connectivity index (χ0n) is 13.7. The van der Waals surface area contributed by atoms with Crippen LogP contribution < -0.4 is 5.32 Å². The predicted molar refractivity (Wildman–Crippen MR) is 92.6 cm³/mol. The molecule has 0 aliphatic carbocycles. The van der Waals surface area contributed by atoms with Crippen LogP contribution in [-0.4, -0.2) is 54.0 Å². The zero-order chi connectivity index (χ0) is 17.4. The molecule has 6 nitrogen and oxygen atoms in total. The molecule has 1 aliphatic rings. The van der Waals surface area contributed by atoms with Gasteiger partial charge in [-0.3, -0.25) is 14.4 Å². The molecule has 1 fully saturated rings. The van der Waals surface area contributed by atoms with Gasteiger partial charge in [-0.25, -0.2) is 0 Å². The summed E-state index contributed by atoms with van der Waals surface area (Å²) in [6.45, 7) is 0.490. The first-order valence-electron chi connectivity index (χ1n) is 7.91. The number of carbonyl (C=O) groups excluding carboxylic acids is 3. The summed E-state index contributed by atoms with van der Waals surface area (Å²) < 4.78 is 4.57. The molecule has 1 aliphatic heterocycles. The lowest BCUT2D eigenvalue weighted by molar-refractivity contribution is -0.140. The molecule has 2 amide bonds. The summed E-state index contributed by atoms with van der Waals surface area (Å²) in [5.41, 5.74) is 0.593. The number of amides is 2. The number of rotatable bonds is 7. The Hall–Kier alpha value is -2.02. The molecule has 0 saturated carbocycles. The third-order valence-electron chi connectivity index (χ3n) is 3.80. The fraction of sp³-hybridized carbons (Fsp3) is 0.471. The number of unbranched alkanes of at least 4 members (excludes halogenated alkanes) is 1. The van der Waals surface area contributed by atoms with Crippen LogP contribution in [0.5, 0.6) is 0 Å². The van der Waals surface area contributed by atoms with E-state index >= 15 is 0 Å². The maximum atomic E-state index is 12.5. The molecule has 24 heavy (non-hydrogen) atoms. The normalized spacial score (nSPS) is 16.7. The van der Waals surface area contributed by atoms with Crippen LogP contribution >= 0.6 is 11.8 Å². The van der Waals surface area contributed by atoms with Crippen LogP contribution in [0, 0.1) is 0 Å². The minimum Gasteiger partial charge on any atom is -0.469 e. The number of nitrogens with one attached hydrogen (secondary N) is 1. The number of carbonyl (C=O) groups is 3. The average molecular weight is 350 g/mol. The lowest BCUT2D eigenvalue weighted by atomic mass is 10.1. The zero-order valence-corrected chi connectivity index (χ0v) is 14.5. The summed E-state index contributed by atoms with van der Waals surface area (Å²) in [6, 6.07) is 8.55. The molecule has 1 atom stereocenters. The highest BCUT2D eigenvalue weighted by atomic mass is 32.2. The first-order valence-corrected chi connectivity index (χ1v) is 9.07. The van der Waals surface area contributed by atoms with E-state index in [1.54, 1.807) is 28.8 Å². The molecule has 0 spiro atoms. The summed E-state index contributed by atoms with van der Waals surface area (Å²) in [7, 11) is 1.36. The quantitative estimate of drug-likeness (QED) is 0.598. The van der Waals surface area contributed by atoms with Crippen LogP contribution in [0.15, 0.2) is 30.3 Å². The molecular weight excluding hydrogens is 328 g/mol. The van der Waals surface area contributed by atoms with Crippen molar-refractivity contribution in [2.45, 2.75) is 25.3 Å². The van der Waals surface area contributed by atoms with Crippen molar-refractivity contribution in [1.82, 2.24) is 10.2 Å². The number of ether oxygens (including phenoxy) is 1. The molecule has 1 unspecified atom stereocenters. The largest absolute Gasteiger partial charge is 0.469 e. The van der Waals surface area contributed by atoms with Crippen molar-refractivity contribution in [3.8, 4) is 0 Å². The number of thioether (sulfide) groups is 1. The van der Waals surface area contributed by atoms with Gasteiger partial charge in [0.15, 0.2) is 0 Å². The minimum atomic E-state index is -0.441. The number of benzene rings is 1. The van der Waals surface area contributed by atoms with Crippen LogP contribution in [0.4, 0.5) is 0 Å². The molecular formula is C17H22N2O4S. The van der Waals surface area contributed by atoms with Gasteiger partial charge in [-0.2, -0.15) is 0 Å². The van der Waals surface area contributed by atoms with E-state index in [9.17, 15) is 14.4 Å². The van der Waals surface area contributed by atoms with Gasteiger partial charge < -0.3 is 15.0 Å². The van der Waals surface area contributed by atoms with Gasteiger partial charge in [0, 0.05) is 24.3 Å². The summed E-state index contributed by atoms with van der Waals surface area (Å²) in [5, 5.41) is 2.85. The van der Waals surface area contributed by atoms with E-state index < -0.39 is 6.04 Å². The molecule has 2 rings (SSSR count). The summed E-state index contributed by atoms with van der Waals surface area (Å²) >= 11 is 1.58. The van der Waals surface area contributed by atoms with Crippen molar-refractivity contribution >= 4 is 29.5 Å². The summed E-state index contributed by atoms with van der Waals surface area (Å²) in [5.74, 6) is 0.628. The Labute approximate surface area is 145 Å². The van der Waals surface area contributed by atoms with Gasteiger partial charge in [-0.1, -0.05) is 18.2 Å². The lowest BCUT2D eigenvalue weighted by Gasteiger charge is -2.23. The Bertz CT molecular complexity index is 579. The fourth-order valence-corrected chi connectivity index (χ4v) is 3.59. The van der Waals surface area contributed by atoms with E-state index in [1.165, 1.54) is 7.11 Å². The van der Waals surface area contributed by atoms with Gasteiger partial charge >= 0.3 is 5.97 Å². The third kappa shape index (κ3) is 4.99. The van der Waals surface area contributed by atoms with Crippen molar-refractivity contribution in [2.75, 3.05) is 25.3 Å². The third-order valence-corrected chi connectivity index (χ3v) is 4.81. The molecule has 0 radical (unpaired) electrons. The van der Waals surface area contributed by atoms with Gasteiger partial charge in [0.05, 0.1) is 13.0 Å². The second kappa shape index (κ2) is 9.32. The Morgan fingerprint density at radius 1 is 1.25 bits per heavy atom. The smallest absolute Gasteiger partial charge is 0.305 e. The Morgan fingerprint density at radius 3 is 2.71 bits per heavy atom. The highest BCUT2D eigenvalue weighted by molar-refractivity contribution is 7.99. The molecule has 1 aromatic carbocycles. The van der Waals surface area contributed by atoms with Crippen molar-refractivity contribution in [3.05, 3.63) is 35.9 Å². The Balaban J connectivity index is 1.80. The Kier molecular flexibility index (Phi) is 7.11. The standard InChI is InChI=1S/C17H22N2O4S/c1-23-15(20)9-5-6-10-18-16(21)14-11-24-12-19(14)17(22)13-7-3-2-4-8-13/h2-4,7-8,14H,5-6,9-12H2,1H3,(H,18,21). The molecule has 1 N–H and O–H groups in total. The topological polar surface area (TPSA) is 75.7 Å². The number of esters is 1. The van der Waals surface area contributed by atoms with Crippen molar-refractivity contribution in [2.24, 2.45) is 0 Å². The van der Waals surface area contributed by atoms with E-state index in [0.29, 0.717) is 43.0 Å². The highest BCUT2D eigenvalue weighted by Crippen LogP contribution is 2.23. The van der Waals surface area contributed by atoms with Crippen LogP contribution in [-0.2, 0) is 14.3 Å². The first-order chi connectivity index (χ1) is 11.6. The van der Waals surface area contributed by atoms with Crippen molar-refractivity contribution in [1.29, 1.82) is 0 Å². The molecule has 1 aromatic rings. The Morgan fingerprint density at radius 2 is 2.00 bits per heavy atom. The predicted octanol–water partition coefficient (Wildman–Crippen LogP) is 1.66. The molecule has 7 heteroatoms. The van der Waals surface area contributed by atoms with Crippen LogP contribution in [0.25, 0.3) is 0 Å². The van der Waals surface area contributed by atoms with E-state index in [1.807, 2.05) is 18.2 Å². The molecule has 1 saturated heterocycles. The first kappa shape index (κ1) is 18.3. The number of hydrogen-bond acceptors (Lipinski definition) is 5. The van der Waals surface area contributed by atoms with Crippen LogP contribution in [0.3, 0.4) is 0 Å². The summed E-state index contributed by atoms with van der Waals surface area (Å²) in [6.07, 6.45) is 1.72. The van der Waals surface area contributed by atoms with Crippen LogP contribution in [0.1, 0.15) is 29.6 Å². The van der Waals surface area contributed by atoms with E-state index in [4.69, 9.17) is 0 Å². The second-order valence-corrected chi connectivity index (χ2v) is 6.48. The minimum absolute atomic E-state index is 0.119. The molecule has 130 valence electrons. The van der Waals surface area contributed by atoms with Gasteiger partial charge in [0.1, 0.15) is 6.04 Å². The van der Waals surface area contributed by atoms with E-state index in [-0.39, 0.29) is 17.8 Å². The van der Waals surface area contributed by atoms with E-state index in [2.05, 4.69) is 10.1 Å². The van der Waals surface area contributed by atoms with Gasteiger partial charge in [0.25, 0.3) is 5.91 Å². The number of hydrogen-bond donors (Lipinski definition) is 1. The average Bonchev–Trinajstić information content (AvgIpc) is 3.11. The number of nitrogens with zero attached hydrogens (tertiary/aromatic N) is 1. The molecule has 0 bridgehead atoms. The maximum absolute atomic E-state index is 12.5. The van der Waals surface area contributed by atoms with Gasteiger partial charge in [-0.05, 0) is 25.0 Å². The van der Waals surface area contributed by atoms with Gasteiger partial charge in [-0.15, -0.1) is 11.8 Å². The van der Waals surface area contributed by atoms with Crippen molar-refractivity contribution in [3.63, 3.8) is 0 Å². The molecule has 1 heterocycles. The molecule has 0 aromatic heterocycles. The fourth-order valence-electron chi connectivity index (χ4n) is 2.43. The van der Waals surface area contributed by atoms with Gasteiger partial charge in [0.2, 0.25) is 5.91 Å². The maximum Gasteiger partial charge on any atom is 0.305 e. The SMILES string of the molecule is COC(=O)CCCCNC(=O)C1CSCN1C(=O)c1ccccc1. The van der Waals surface area contributed by atoms with Crippen molar-refractivity contribution < 1.29 is 19.1 Å². The lowest BCUT2D eigenvalue weighted by Crippen LogP contribution is -2.47.